The van der Waals surface area contributed by atoms with Gasteiger partial charge in [-0.1, -0.05) is 6.07 Å². The fraction of sp³-hybridized carbons (Fsp3) is 0.400. The Balaban J connectivity index is 3.08. The van der Waals surface area contributed by atoms with Crippen molar-refractivity contribution in [3.63, 3.8) is 0 Å². The Bertz CT molecular complexity index is 494. The molecule has 0 atom stereocenters. The van der Waals surface area contributed by atoms with E-state index in [2.05, 4.69) is 0 Å². The van der Waals surface area contributed by atoms with Crippen LogP contribution in [0.1, 0.15) is 0 Å². The Labute approximate surface area is 104 Å². The second kappa shape index (κ2) is 6.07. The van der Waals surface area contributed by atoms with Crippen LogP contribution in [0.4, 0.5) is 14.5 Å². The highest BCUT2D eigenvalue weighted by atomic mass is 32.2. The maximum atomic E-state index is 12.3. The number of nitrogen functional groups attached to an aromatic ring is 1. The van der Waals surface area contributed by atoms with E-state index in [1.54, 1.807) is 0 Å². The summed E-state index contributed by atoms with van der Waals surface area (Å²) in [6.45, 7) is -1.88. The average molecular weight is 280 g/mol. The van der Waals surface area contributed by atoms with Crippen molar-refractivity contribution in [2.75, 3.05) is 25.4 Å². The lowest BCUT2D eigenvalue weighted by Gasteiger charge is -2.20. The number of halogens is 2. The fourth-order valence-corrected chi connectivity index (χ4v) is 2.86. The van der Waals surface area contributed by atoms with Crippen LogP contribution in [-0.4, -0.2) is 44.0 Å². The first-order chi connectivity index (χ1) is 8.37. The first-order valence-corrected chi connectivity index (χ1v) is 6.56. The topological polar surface area (TPSA) is 83.6 Å². The molecule has 0 bridgehead atoms. The molecule has 0 heterocycles. The van der Waals surface area contributed by atoms with Gasteiger partial charge in [-0.15, -0.1) is 0 Å². The number of nitrogens with zero attached hydrogens (tertiary/aromatic N) is 1. The molecule has 0 radical (unpaired) electrons. The van der Waals surface area contributed by atoms with Gasteiger partial charge in [0.25, 0.3) is 6.43 Å². The molecule has 0 saturated carbocycles. The van der Waals surface area contributed by atoms with Gasteiger partial charge in [-0.3, -0.25) is 0 Å². The predicted octanol–water partition coefficient (Wildman–Crippen LogP) is 0.517. The standard InChI is InChI=1S/C10H14F2N2O3S/c11-10(12)7-14(4-5-15)18(16,17)9-3-1-2-8(13)6-9/h1-3,6,10,15H,4-5,7,13H2. The third-order valence-electron chi connectivity index (χ3n) is 2.19. The maximum Gasteiger partial charge on any atom is 0.252 e. The maximum absolute atomic E-state index is 12.3. The highest BCUT2D eigenvalue weighted by Gasteiger charge is 2.26. The van der Waals surface area contributed by atoms with Crippen molar-refractivity contribution in [2.45, 2.75) is 11.3 Å². The molecule has 0 amide bonds. The van der Waals surface area contributed by atoms with Crippen molar-refractivity contribution in [2.24, 2.45) is 0 Å². The summed E-state index contributed by atoms with van der Waals surface area (Å²) in [4.78, 5) is -0.170. The number of hydrogen-bond donors (Lipinski definition) is 2. The lowest BCUT2D eigenvalue weighted by Crippen LogP contribution is -2.37. The number of sulfonamides is 1. The molecule has 0 aliphatic heterocycles. The van der Waals surface area contributed by atoms with Gasteiger partial charge >= 0.3 is 0 Å². The predicted molar refractivity (Wildman–Crippen MR) is 62.7 cm³/mol. The Kier molecular flexibility index (Phi) is 5.00. The van der Waals surface area contributed by atoms with Gasteiger partial charge in [0, 0.05) is 12.2 Å². The van der Waals surface area contributed by atoms with Gasteiger partial charge in [-0.25, -0.2) is 17.2 Å². The highest BCUT2D eigenvalue weighted by molar-refractivity contribution is 7.89. The Morgan fingerprint density at radius 3 is 2.56 bits per heavy atom. The molecule has 1 rings (SSSR count). The normalized spacial score (nSPS) is 12.3. The molecule has 0 fully saturated rings. The summed E-state index contributed by atoms with van der Waals surface area (Å²) in [6.07, 6.45) is -2.81. The zero-order valence-corrected chi connectivity index (χ0v) is 10.3. The minimum Gasteiger partial charge on any atom is -0.399 e. The van der Waals surface area contributed by atoms with Crippen LogP contribution in [0, 0.1) is 0 Å². The number of alkyl halides is 2. The van der Waals surface area contributed by atoms with Crippen LogP contribution in [0.25, 0.3) is 0 Å². The molecule has 102 valence electrons. The molecule has 0 unspecified atom stereocenters. The van der Waals surface area contributed by atoms with Crippen molar-refractivity contribution in [1.29, 1.82) is 0 Å². The van der Waals surface area contributed by atoms with Crippen molar-refractivity contribution in [3.05, 3.63) is 24.3 Å². The fourth-order valence-electron chi connectivity index (χ4n) is 1.40. The largest absolute Gasteiger partial charge is 0.399 e. The van der Waals surface area contributed by atoms with Gasteiger partial charge < -0.3 is 10.8 Å². The number of nitrogens with two attached hydrogens (primary N) is 1. The van der Waals surface area contributed by atoms with Gasteiger partial charge in [-0.05, 0) is 18.2 Å². The molecular formula is C10H14F2N2O3S. The molecule has 0 spiro atoms. The summed E-state index contributed by atoms with van der Waals surface area (Å²) >= 11 is 0. The smallest absolute Gasteiger partial charge is 0.252 e. The van der Waals surface area contributed by atoms with E-state index >= 15 is 0 Å². The molecule has 0 aliphatic rings. The second-order valence-electron chi connectivity index (χ2n) is 3.55. The van der Waals surface area contributed by atoms with Crippen LogP contribution in [0.2, 0.25) is 0 Å². The summed E-state index contributed by atoms with van der Waals surface area (Å²) in [5.41, 5.74) is 5.67. The van der Waals surface area contributed by atoms with E-state index in [0.29, 0.717) is 4.31 Å². The Morgan fingerprint density at radius 2 is 2.06 bits per heavy atom. The first-order valence-electron chi connectivity index (χ1n) is 5.12. The quantitative estimate of drug-likeness (QED) is 0.744. The second-order valence-corrected chi connectivity index (χ2v) is 5.49. The average Bonchev–Trinajstić information content (AvgIpc) is 2.28. The number of benzene rings is 1. The molecule has 0 aliphatic carbocycles. The third-order valence-corrected chi connectivity index (χ3v) is 4.05. The van der Waals surface area contributed by atoms with Crippen LogP contribution in [0.5, 0.6) is 0 Å². The number of anilines is 1. The van der Waals surface area contributed by atoms with Gasteiger partial charge in [0.1, 0.15) is 0 Å². The van der Waals surface area contributed by atoms with Crippen LogP contribution in [0.15, 0.2) is 29.2 Å². The minimum absolute atomic E-state index is 0.170. The molecule has 0 aromatic heterocycles. The molecule has 5 nitrogen and oxygen atoms in total. The summed E-state index contributed by atoms with van der Waals surface area (Å²) in [5.74, 6) is 0. The van der Waals surface area contributed by atoms with Crippen LogP contribution >= 0.6 is 0 Å². The molecular weight excluding hydrogens is 266 g/mol. The molecule has 3 N–H and O–H groups in total. The lowest BCUT2D eigenvalue weighted by atomic mass is 10.3. The molecule has 1 aromatic rings. The summed E-state index contributed by atoms with van der Waals surface area (Å²) in [6, 6.07) is 5.36. The molecule has 8 heteroatoms. The minimum atomic E-state index is -4.07. The molecule has 0 saturated heterocycles. The van der Waals surface area contributed by atoms with Crippen LogP contribution in [0.3, 0.4) is 0 Å². The molecule has 18 heavy (non-hydrogen) atoms. The van der Waals surface area contributed by atoms with Crippen LogP contribution in [-0.2, 0) is 10.0 Å². The molecule has 1 aromatic carbocycles. The Morgan fingerprint density at radius 1 is 1.39 bits per heavy atom. The van der Waals surface area contributed by atoms with Crippen molar-refractivity contribution < 1.29 is 22.3 Å². The van der Waals surface area contributed by atoms with Gasteiger partial charge in [0.15, 0.2) is 0 Å². The van der Waals surface area contributed by atoms with E-state index < -0.39 is 29.6 Å². The van der Waals surface area contributed by atoms with E-state index in [1.165, 1.54) is 24.3 Å². The number of hydrogen-bond acceptors (Lipinski definition) is 4. The van der Waals surface area contributed by atoms with E-state index in [-0.39, 0.29) is 17.1 Å². The van der Waals surface area contributed by atoms with Crippen molar-refractivity contribution in [3.8, 4) is 0 Å². The SMILES string of the molecule is Nc1cccc(S(=O)(=O)N(CCO)CC(F)F)c1. The summed E-state index contributed by atoms with van der Waals surface area (Å²) in [5, 5.41) is 8.74. The number of rotatable bonds is 6. The zero-order chi connectivity index (χ0) is 13.8. The van der Waals surface area contributed by atoms with Gasteiger partial charge in [0.2, 0.25) is 10.0 Å². The van der Waals surface area contributed by atoms with E-state index in [4.69, 9.17) is 10.8 Å². The van der Waals surface area contributed by atoms with Gasteiger partial charge in [-0.2, -0.15) is 4.31 Å². The first kappa shape index (κ1) is 14.8. The highest BCUT2D eigenvalue weighted by Crippen LogP contribution is 2.18. The van der Waals surface area contributed by atoms with Crippen molar-refractivity contribution in [1.82, 2.24) is 4.31 Å². The summed E-state index contributed by atoms with van der Waals surface area (Å²) in [7, 11) is -4.07. The summed E-state index contributed by atoms with van der Waals surface area (Å²) < 4.78 is 49.2. The number of aliphatic hydroxyl groups is 1. The zero-order valence-electron chi connectivity index (χ0n) is 9.46. The van der Waals surface area contributed by atoms with E-state index in [0.717, 1.165) is 0 Å². The van der Waals surface area contributed by atoms with Crippen molar-refractivity contribution >= 4 is 15.7 Å². The van der Waals surface area contributed by atoms with E-state index in [9.17, 15) is 17.2 Å². The van der Waals surface area contributed by atoms with E-state index in [1.807, 2.05) is 0 Å². The number of aliphatic hydroxyl groups excluding tert-OH is 1. The third kappa shape index (κ3) is 3.62. The van der Waals surface area contributed by atoms with Gasteiger partial charge in [0.05, 0.1) is 18.0 Å². The monoisotopic (exact) mass is 280 g/mol. The lowest BCUT2D eigenvalue weighted by molar-refractivity contribution is 0.113. The van der Waals surface area contributed by atoms with Crippen LogP contribution < -0.4 is 5.73 Å². The Hall–Kier alpha value is -1.25.